The second-order valence-corrected chi connectivity index (χ2v) is 7.86. The molecule has 0 spiro atoms. The largest absolute Gasteiger partial charge is 0.395 e. The van der Waals surface area contributed by atoms with Gasteiger partial charge < -0.3 is 10.6 Å². The molecule has 3 rings (SSSR count). The van der Waals surface area contributed by atoms with E-state index in [9.17, 15) is 13.2 Å². The number of hydrogen-bond donors (Lipinski definition) is 2. The van der Waals surface area contributed by atoms with Crippen LogP contribution < -0.4 is 5.73 Å². The van der Waals surface area contributed by atoms with E-state index in [1.54, 1.807) is 11.8 Å². The number of aromatic amines is 1. The molecule has 7 nitrogen and oxygen atoms in total. The third kappa shape index (κ3) is 2.28. The van der Waals surface area contributed by atoms with Crippen molar-refractivity contribution in [2.75, 3.05) is 23.8 Å². The Kier molecular flexibility index (Phi) is 3.00. The minimum atomic E-state index is -3.04. The minimum absolute atomic E-state index is 0.00144. The van der Waals surface area contributed by atoms with Gasteiger partial charge in [-0.3, -0.25) is 9.89 Å². The van der Waals surface area contributed by atoms with Gasteiger partial charge >= 0.3 is 0 Å². The summed E-state index contributed by atoms with van der Waals surface area (Å²) < 4.78 is 23.1. The summed E-state index contributed by atoms with van der Waals surface area (Å²) in [6.07, 6.45) is 2.14. The SMILES string of the molecule is CC1CS(=O)(=O)CCN1C(=O)c1n[nH]c(C2CC2)c1N. The molecule has 0 radical (unpaired) electrons. The van der Waals surface area contributed by atoms with Crippen LogP contribution in [-0.4, -0.2) is 53.5 Å². The second kappa shape index (κ2) is 4.47. The number of nitrogens with two attached hydrogens (primary N) is 1. The van der Waals surface area contributed by atoms with Crippen LogP contribution in [0.25, 0.3) is 0 Å². The fourth-order valence-electron chi connectivity index (χ4n) is 2.65. The minimum Gasteiger partial charge on any atom is -0.395 e. The van der Waals surface area contributed by atoms with Crippen molar-refractivity contribution in [3.05, 3.63) is 11.4 Å². The highest BCUT2D eigenvalue weighted by Gasteiger charge is 2.35. The number of rotatable bonds is 2. The van der Waals surface area contributed by atoms with Gasteiger partial charge in [0.05, 0.1) is 22.9 Å². The fourth-order valence-corrected chi connectivity index (χ4v) is 4.20. The summed E-state index contributed by atoms with van der Waals surface area (Å²) in [5.74, 6) is 0.109. The molecule has 20 heavy (non-hydrogen) atoms. The highest BCUT2D eigenvalue weighted by Crippen LogP contribution is 2.42. The van der Waals surface area contributed by atoms with Crippen LogP contribution in [0.1, 0.15) is 41.9 Å². The van der Waals surface area contributed by atoms with E-state index in [0.29, 0.717) is 11.6 Å². The number of anilines is 1. The molecule has 0 bridgehead atoms. The third-order valence-electron chi connectivity index (χ3n) is 3.95. The lowest BCUT2D eigenvalue weighted by molar-refractivity contribution is 0.0707. The van der Waals surface area contributed by atoms with Crippen LogP contribution in [0.15, 0.2) is 0 Å². The molecular formula is C12H18N4O3S. The molecule has 2 heterocycles. The van der Waals surface area contributed by atoms with E-state index in [2.05, 4.69) is 10.2 Å². The first-order valence-electron chi connectivity index (χ1n) is 6.74. The van der Waals surface area contributed by atoms with Gasteiger partial charge in [-0.2, -0.15) is 5.10 Å². The number of amides is 1. The Hall–Kier alpha value is -1.57. The molecule has 1 atom stereocenters. The number of carbonyl (C=O) groups excluding carboxylic acids is 1. The van der Waals surface area contributed by atoms with Crippen molar-refractivity contribution in [2.45, 2.75) is 31.7 Å². The van der Waals surface area contributed by atoms with Gasteiger partial charge in [0.25, 0.3) is 5.91 Å². The molecule has 1 aromatic rings. The van der Waals surface area contributed by atoms with Crippen LogP contribution in [0.5, 0.6) is 0 Å². The van der Waals surface area contributed by atoms with Crippen molar-refractivity contribution in [3.63, 3.8) is 0 Å². The number of nitrogen functional groups attached to an aromatic ring is 1. The van der Waals surface area contributed by atoms with Crippen molar-refractivity contribution in [2.24, 2.45) is 0 Å². The van der Waals surface area contributed by atoms with E-state index >= 15 is 0 Å². The fraction of sp³-hybridized carbons (Fsp3) is 0.667. The molecule has 110 valence electrons. The molecule has 1 amide bonds. The van der Waals surface area contributed by atoms with Crippen LogP contribution in [-0.2, 0) is 9.84 Å². The zero-order valence-electron chi connectivity index (χ0n) is 11.3. The van der Waals surface area contributed by atoms with Gasteiger partial charge in [-0.15, -0.1) is 0 Å². The first-order valence-corrected chi connectivity index (χ1v) is 8.56. The van der Waals surface area contributed by atoms with Gasteiger partial charge in [0, 0.05) is 18.5 Å². The summed E-state index contributed by atoms with van der Waals surface area (Å²) in [7, 11) is -3.04. The molecule has 1 unspecified atom stereocenters. The van der Waals surface area contributed by atoms with E-state index in [1.165, 1.54) is 0 Å². The monoisotopic (exact) mass is 298 g/mol. The number of carbonyl (C=O) groups is 1. The third-order valence-corrected chi connectivity index (χ3v) is 5.75. The van der Waals surface area contributed by atoms with Gasteiger partial charge in [-0.1, -0.05) is 0 Å². The predicted octanol–water partition coefficient (Wildman–Crippen LogP) is 0.128. The predicted molar refractivity (Wildman–Crippen MR) is 74.1 cm³/mol. The van der Waals surface area contributed by atoms with E-state index in [-0.39, 0.29) is 35.7 Å². The van der Waals surface area contributed by atoms with Crippen molar-refractivity contribution < 1.29 is 13.2 Å². The second-order valence-electron chi connectivity index (χ2n) is 5.64. The van der Waals surface area contributed by atoms with Crippen molar-refractivity contribution in [1.29, 1.82) is 0 Å². The van der Waals surface area contributed by atoms with Gasteiger partial charge in [0.2, 0.25) is 0 Å². The Labute approximate surface area is 117 Å². The normalized spacial score (nSPS) is 25.6. The van der Waals surface area contributed by atoms with E-state index < -0.39 is 9.84 Å². The van der Waals surface area contributed by atoms with Crippen LogP contribution in [0.3, 0.4) is 0 Å². The summed E-state index contributed by atoms with van der Waals surface area (Å²) in [5.41, 5.74) is 7.46. The lowest BCUT2D eigenvalue weighted by Crippen LogP contribution is -2.49. The first kappa shape index (κ1) is 13.4. The molecule has 2 fully saturated rings. The number of sulfone groups is 1. The van der Waals surface area contributed by atoms with Crippen molar-refractivity contribution >= 4 is 21.4 Å². The molecule has 0 aromatic carbocycles. The molecule has 1 saturated carbocycles. The van der Waals surface area contributed by atoms with E-state index in [0.717, 1.165) is 18.5 Å². The maximum atomic E-state index is 12.5. The maximum absolute atomic E-state index is 12.5. The Morgan fingerprint density at radius 2 is 2.15 bits per heavy atom. The zero-order chi connectivity index (χ0) is 14.5. The van der Waals surface area contributed by atoms with E-state index in [4.69, 9.17) is 5.73 Å². The summed E-state index contributed by atoms with van der Waals surface area (Å²) in [5, 5.41) is 6.88. The average Bonchev–Trinajstić information content (AvgIpc) is 3.11. The molecule has 1 aliphatic heterocycles. The average molecular weight is 298 g/mol. The molecular weight excluding hydrogens is 280 g/mol. The standard InChI is InChI=1S/C12H18N4O3S/c1-7-6-20(18,19)5-4-16(7)12(17)11-9(13)10(14-15-11)8-2-3-8/h7-8H,2-6,13H2,1H3,(H,14,15). The Bertz CT molecular complexity index is 648. The molecule has 2 aliphatic rings. The van der Waals surface area contributed by atoms with Gasteiger partial charge in [-0.05, 0) is 19.8 Å². The number of hydrogen-bond acceptors (Lipinski definition) is 5. The lowest BCUT2D eigenvalue weighted by Gasteiger charge is -2.32. The highest BCUT2D eigenvalue weighted by atomic mass is 32.2. The molecule has 8 heteroatoms. The molecule has 1 aromatic heterocycles. The first-order chi connectivity index (χ1) is 9.39. The number of nitrogens with zero attached hydrogens (tertiary/aromatic N) is 2. The van der Waals surface area contributed by atoms with Crippen LogP contribution in [0, 0.1) is 0 Å². The van der Waals surface area contributed by atoms with Crippen LogP contribution >= 0.6 is 0 Å². The Morgan fingerprint density at radius 1 is 1.45 bits per heavy atom. The molecule has 1 aliphatic carbocycles. The number of nitrogens with one attached hydrogen (secondary N) is 1. The zero-order valence-corrected chi connectivity index (χ0v) is 12.1. The number of H-pyrrole nitrogens is 1. The summed E-state index contributed by atoms with van der Waals surface area (Å²) in [4.78, 5) is 14.0. The summed E-state index contributed by atoms with van der Waals surface area (Å²) in [6, 6.07) is -0.346. The lowest BCUT2D eigenvalue weighted by atomic mass is 10.2. The van der Waals surface area contributed by atoms with E-state index in [1.807, 2.05) is 0 Å². The Morgan fingerprint density at radius 3 is 2.75 bits per heavy atom. The topological polar surface area (TPSA) is 109 Å². The van der Waals surface area contributed by atoms with Crippen LogP contribution in [0.4, 0.5) is 5.69 Å². The molecule has 3 N–H and O–H groups in total. The summed E-state index contributed by atoms with van der Waals surface area (Å²) >= 11 is 0. The van der Waals surface area contributed by atoms with Crippen LogP contribution in [0.2, 0.25) is 0 Å². The van der Waals surface area contributed by atoms with Crippen molar-refractivity contribution in [1.82, 2.24) is 15.1 Å². The highest BCUT2D eigenvalue weighted by molar-refractivity contribution is 7.91. The number of aromatic nitrogens is 2. The van der Waals surface area contributed by atoms with Gasteiger partial charge in [0.1, 0.15) is 0 Å². The maximum Gasteiger partial charge on any atom is 0.276 e. The van der Waals surface area contributed by atoms with Crippen molar-refractivity contribution in [3.8, 4) is 0 Å². The molecule has 1 saturated heterocycles. The van der Waals surface area contributed by atoms with Gasteiger partial charge in [-0.25, -0.2) is 8.42 Å². The van der Waals surface area contributed by atoms with Gasteiger partial charge in [0.15, 0.2) is 15.5 Å². The Balaban J connectivity index is 1.82. The smallest absolute Gasteiger partial charge is 0.276 e. The quantitative estimate of drug-likeness (QED) is 0.806. The summed E-state index contributed by atoms with van der Waals surface area (Å²) in [6.45, 7) is 1.94.